The number of ether oxygens (including phenoxy) is 1. The van der Waals surface area contributed by atoms with Crippen molar-refractivity contribution in [2.24, 2.45) is 0 Å². The number of carbonyl (C=O) groups excluding carboxylic acids is 1. The number of thioether (sulfide) groups is 1. The van der Waals surface area contributed by atoms with Crippen molar-refractivity contribution in [3.8, 4) is 22.8 Å². The Morgan fingerprint density at radius 2 is 2.08 bits per heavy atom. The van der Waals surface area contributed by atoms with Crippen LogP contribution in [0.4, 0.5) is 0 Å². The minimum atomic E-state index is 0.0197. The third-order valence-electron chi connectivity index (χ3n) is 4.28. The normalized spacial score (nSPS) is 10.9. The van der Waals surface area contributed by atoms with Crippen LogP contribution in [0, 0.1) is 0 Å². The van der Waals surface area contributed by atoms with Gasteiger partial charge in [-0.1, -0.05) is 6.07 Å². The molecule has 0 unspecified atom stereocenters. The number of fused-ring (bicyclic) bond motifs is 1. The largest absolute Gasteiger partial charge is 0.507 e. The second-order valence-corrected chi connectivity index (χ2v) is 6.67. The van der Waals surface area contributed by atoms with Gasteiger partial charge < -0.3 is 19.6 Å². The summed E-state index contributed by atoms with van der Waals surface area (Å²) in [7, 11) is 3.20. The zero-order chi connectivity index (χ0) is 18.7. The maximum Gasteiger partial charge on any atom is 0.220 e. The van der Waals surface area contributed by atoms with E-state index in [2.05, 4.69) is 11.4 Å². The first kappa shape index (κ1) is 18.2. The van der Waals surface area contributed by atoms with Crippen molar-refractivity contribution >= 4 is 28.6 Å². The van der Waals surface area contributed by atoms with Gasteiger partial charge in [-0.25, -0.2) is 0 Å². The van der Waals surface area contributed by atoms with Crippen LogP contribution in [0.25, 0.3) is 22.3 Å². The van der Waals surface area contributed by atoms with E-state index in [9.17, 15) is 9.90 Å². The second-order valence-electron chi connectivity index (χ2n) is 5.85. The number of phenolic OH excluding ortho intramolecular Hbond substituents is 1. The van der Waals surface area contributed by atoms with E-state index in [4.69, 9.17) is 9.15 Å². The average molecular weight is 371 g/mol. The molecule has 0 bridgehead atoms. The van der Waals surface area contributed by atoms with Gasteiger partial charge in [0.2, 0.25) is 5.91 Å². The predicted molar refractivity (Wildman–Crippen MR) is 104 cm³/mol. The van der Waals surface area contributed by atoms with Crippen molar-refractivity contribution in [3.63, 3.8) is 0 Å². The van der Waals surface area contributed by atoms with Crippen LogP contribution in [0.15, 0.2) is 45.7 Å². The Labute approximate surface area is 156 Å². The van der Waals surface area contributed by atoms with Crippen LogP contribution in [0.1, 0.15) is 12.0 Å². The molecule has 3 rings (SSSR count). The lowest BCUT2D eigenvalue weighted by Crippen LogP contribution is -2.17. The van der Waals surface area contributed by atoms with Crippen molar-refractivity contribution < 1.29 is 19.1 Å². The summed E-state index contributed by atoms with van der Waals surface area (Å²) in [5.74, 6) is 1.35. The summed E-state index contributed by atoms with van der Waals surface area (Å²) < 4.78 is 11.2. The quantitative estimate of drug-likeness (QED) is 0.635. The third-order valence-corrected chi connectivity index (χ3v) is 5.09. The zero-order valence-corrected chi connectivity index (χ0v) is 15.8. The highest BCUT2D eigenvalue weighted by atomic mass is 32.2. The lowest BCUT2D eigenvalue weighted by molar-refractivity contribution is -0.120. The van der Waals surface area contributed by atoms with Gasteiger partial charge in [-0.2, -0.15) is 0 Å². The van der Waals surface area contributed by atoms with Crippen molar-refractivity contribution in [2.75, 3.05) is 20.4 Å². The van der Waals surface area contributed by atoms with E-state index in [-0.39, 0.29) is 11.7 Å². The van der Waals surface area contributed by atoms with Gasteiger partial charge in [0, 0.05) is 24.9 Å². The molecule has 3 aromatic rings. The number of nitrogens with one attached hydrogen (secondary N) is 1. The van der Waals surface area contributed by atoms with Gasteiger partial charge in [-0.3, -0.25) is 4.79 Å². The molecule has 26 heavy (non-hydrogen) atoms. The maximum atomic E-state index is 11.5. The molecular formula is C20H21NO4S. The Morgan fingerprint density at radius 1 is 1.27 bits per heavy atom. The van der Waals surface area contributed by atoms with Crippen LogP contribution in [-0.2, 0) is 11.2 Å². The third kappa shape index (κ3) is 3.51. The number of carbonyl (C=O) groups is 1. The number of benzene rings is 2. The molecule has 0 aliphatic rings. The highest BCUT2D eigenvalue weighted by Gasteiger charge is 2.19. The van der Waals surface area contributed by atoms with Crippen LogP contribution < -0.4 is 10.1 Å². The van der Waals surface area contributed by atoms with Crippen LogP contribution in [0.5, 0.6) is 11.5 Å². The molecule has 0 fully saturated rings. The number of methoxy groups -OCH3 is 1. The number of furan rings is 1. The first-order valence-electron chi connectivity index (χ1n) is 8.24. The van der Waals surface area contributed by atoms with E-state index in [0.717, 1.165) is 21.4 Å². The highest BCUT2D eigenvalue weighted by molar-refractivity contribution is 7.99. The maximum absolute atomic E-state index is 11.5. The number of hydrogen-bond acceptors (Lipinski definition) is 5. The fraction of sp³-hybridized carbons (Fsp3) is 0.250. The summed E-state index contributed by atoms with van der Waals surface area (Å²) in [6, 6.07) is 11.1. The molecule has 0 saturated heterocycles. The molecule has 1 aromatic heterocycles. The fourth-order valence-electron chi connectivity index (χ4n) is 2.87. The Kier molecular flexibility index (Phi) is 5.42. The summed E-state index contributed by atoms with van der Waals surface area (Å²) in [5, 5.41) is 14.0. The summed E-state index contributed by atoms with van der Waals surface area (Å²) in [4.78, 5) is 12.4. The molecule has 5 nitrogen and oxygen atoms in total. The molecule has 136 valence electrons. The molecule has 0 aliphatic heterocycles. The SMILES string of the molecule is CNC(=O)CCc1ccc2oc(-c3ccc(OC)cc3O)c(SC)c2c1. The summed E-state index contributed by atoms with van der Waals surface area (Å²) in [5.41, 5.74) is 2.45. The number of amides is 1. The topological polar surface area (TPSA) is 71.7 Å². The van der Waals surface area contributed by atoms with Crippen LogP contribution in [0.3, 0.4) is 0 Å². The Morgan fingerprint density at radius 3 is 2.73 bits per heavy atom. The van der Waals surface area contributed by atoms with Gasteiger partial charge >= 0.3 is 0 Å². The van der Waals surface area contributed by atoms with Crippen molar-refractivity contribution in [2.45, 2.75) is 17.7 Å². The molecule has 0 atom stereocenters. The molecule has 6 heteroatoms. The van der Waals surface area contributed by atoms with E-state index in [1.54, 1.807) is 44.1 Å². The van der Waals surface area contributed by atoms with E-state index >= 15 is 0 Å². The standard InChI is InChI=1S/C20H21NO4S/c1-21-18(23)9-5-12-4-8-17-15(10-12)20(26-3)19(25-17)14-7-6-13(24-2)11-16(14)22/h4,6-8,10-11,22H,5,9H2,1-3H3,(H,21,23). The van der Waals surface area contributed by atoms with Gasteiger partial charge in [0.25, 0.3) is 0 Å². The van der Waals surface area contributed by atoms with Crippen molar-refractivity contribution in [3.05, 3.63) is 42.0 Å². The van der Waals surface area contributed by atoms with E-state index in [1.165, 1.54) is 0 Å². The predicted octanol–water partition coefficient (Wildman–Crippen LogP) is 4.21. The molecule has 1 amide bonds. The minimum absolute atomic E-state index is 0.0197. The van der Waals surface area contributed by atoms with E-state index in [0.29, 0.717) is 29.9 Å². The first-order valence-corrected chi connectivity index (χ1v) is 9.47. The van der Waals surface area contributed by atoms with Gasteiger partial charge in [0.05, 0.1) is 17.6 Å². The summed E-state index contributed by atoms with van der Waals surface area (Å²) >= 11 is 1.57. The molecule has 2 N–H and O–H groups in total. The lowest BCUT2D eigenvalue weighted by atomic mass is 10.1. The Bertz CT molecular complexity index is 948. The lowest BCUT2D eigenvalue weighted by Gasteiger charge is -2.06. The van der Waals surface area contributed by atoms with Gasteiger partial charge in [-0.15, -0.1) is 11.8 Å². The number of phenols is 1. The molecule has 0 radical (unpaired) electrons. The molecule has 0 aliphatic carbocycles. The van der Waals surface area contributed by atoms with E-state index in [1.807, 2.05) is 18.4 Å². The van der Waals surface area contributed by atoms with Crippen LogP contribution >= 0.6 is 11.8 Å². The minimum Gasteiger partial charge on any atom is -0.507 e. The highest BCUT2D eigenvalue weighted by Crippen LogP contribution is 2.43. The molecule has 2 aromatic carbocycles. The van der Waals surface area contributed by atoms with Gasteiger partial charge in [-0.05, 0) is 42.5 Å². The smallest absolute Gasteiger partial charge is 0.220 e. The molecule has 0 spiro atoms. The van der Waals surface area contributed by atoms with Crippen molar-refractivity contribution in [1.29, 1.82) is 0 Å². The van der Waals surface area contributed by atoms with Gasteiger partial charge in [0.1, 0.15) is 17.1 Å². The number of aryl methyl sites for hydroxylation is 1. The zero-order valence-electron chi connectivity index (χ0n) is 15.0. The number of aromatic hydroxyl groups is 1. The number of hydrogen-bond donors (Lipinski definition) is 2. The average Bonchev–Trinajstić information content (AvgIpc) is 3.03. The van der Waals surface area contributed by atoms with Crippen molar-refractivity contribution in [1.82, 2.24) is 5.32 Å². The summed E-state index contributed by atoms with van der Waals surface area (Å²) in [6.07, 6.45) is 3.09. The van der Waals surface area contributed by atoms with Crippen LogP contribution in [-0.4, -0.2) is 31.4 Å². The number of rotatable bonds is 6. The Hall–Kier alpha value is -2.60. The second kappa shape index (κ2) is 7.74. The molecule has 1 heterocycles. The first-order chi connectivity index (χ1) is 12.6. The van der Waals surface area contributed by atoms with E-state index < -0.39 is 0 Å². The van der Waals surface area contributed by atoms with Crippen LogP contribution in [0.2, 0.25) is 0 Å². The van der Waals surface area contributed by atoms with Gasteiger partial charge in [0.15, 0.2) is 5.76 Å². The molecule has 0 saturated carbocycles. The molecular weight excluding hydrogens is 350 g/mol. The monoisotopic (exact) mass is 371 g/mol. The summed E-state index contributed by atoms with van der Waals surface area (Å²) in [6.45, 7) is 0. The fourth-order valence-corrected chi connectivity index (χ4v) is 3.59. The Balaban J connectivity index is 2.03.